The van der Waals surface area contributed by atoms with Gasteiger partial charge >= 0.3 is 5.97 Å². The summed E-state index contributed by atoms with van der Waals surface area (Å²) in [5, 5.41) is 11.8. The highest BCUT2D eigenvalue weighted by Crippen LogP contribution is 2.39. The molecule has 2 saturated carbocycles. The summed E-state index contributed by atoms with van der Waals surface area (Å²) in [4.78, 5) is 13.8. The first kappa shape index (κ1) is 24.1. The zero-order valence-electron chi connectivity index (χ0n) is 20.8. The summed E-state index contributed by atoms with van der Waals surface area (Å²) in [5.74, 6) is 0.715. The first-order valence-corrected chi connectivity index (χ1v) is 12.9. The monoisotopic (exact) mass is 451 g/mol. The minimum absolute atomic E-state index is 0.326. The van der Waals surface area contributed by atoms with Crippen LogP contribution >= 0.6 is 0 Å². The van der Waals surface area contributed by atoms with Gasteiger partial charge < -0.3 is 9.84 Å². The van der Waals surface area contributed by atoms with Crippen molar-refractivity contribution < 1.29 is 14.6 Å². The molecule has 0 spiro atoms. The summed E-state index contributed by atoms with van der Waals surface area (Å²) >= 11 is 0. The highest BCUT2D eigenvalue weighted by Gasteiger charge is 2.30. The maximum atomic E-state index is 11.4. The molecule has 0 amide bonds. The van der Waals surface area contributed by atoms with Crippen LogP contribution in [0.3, 0.4) is 0 Å². The number of ether oxygens (including phenoxy) is 1. The second-order valence-electron chi connectivity index (χ2n) is 11.6. The number of carboxylic acids is 1. The van der Waals surface area contributed by atoms with Crippen LogP contribution in [0.5, 0.6) is 5.75 Å². The van der Waals surface area contributed by atoms with Crippen molar-refractivity contribution in [2.75, 3.05) is 6.54 Å². The fraction of sp³-hybridized carbons (Fsp3) is 0.621. The van der Waals surface area contributed by atoms with Gasteiger partial charge in [-0.3, -0.25) is 9.69 Å². The van der Waals surface area contributed by atoms with Crippen LogP contribution in [0.25, 0.3) is 10.8 Å². The molecule has 4 rings (SSSR count). The Bertz CT molecular complexity index is 951. The summed E-state index contributed by atoms with van der Waals surface area (Å²) in [7, 11) is 0. The Morgan fingerprint density at radius 1 is 1.03 bits per heavy atom. The number of carboxylic acid groups (broad SMARTS) is 1. The van der Waals surface area contributed by atoms with E-state index in [0.717, 1.165) is 31.1 Å². The quantitative estimate of drug-likeness (QED) is 0.474. The van der Waals surface area contributed by atoms with E-state index in [1.54, 1.807) is 0 Å². The minimum atomic E-state index is -0.711. The van der Waals surface area contributed by atoms with Gasteiger partial charge in [0.2, 0.25) is 0 Å². The van der Waals surface area contributed by atoms with Crippen molar-refractivity contribution in [3.63, 3.8) is 0 Å². The van der Waals surface area contributed by atoms with E-state index in [4.69, 9.17) is 4.74 Å². The molecule has 2 aliphatic carbocycles. The lowest BCUT2D eigenvalue weighted by Gasteiger charge is -2.38. The molecular weight excluding hydrogens is 410 g/mol. The van der Waals surface area contributed by atoms with Gasteiger partial charge in [-0.1, -0.05) is 52.3 Å². The molecule has 2 aliphatic rings. The third kappa shape index (κ3) is 6.09. The van der Waals surface area contributed by atoms with Crippen LogP contribution in [0.1, 0.15) is 78.2 Å². The standard InChI is InChI=1S/C29H41NO3/c1-20(28(31)32)18-30(25-6-5-7-25)19-21-8-9-23-17-27(13-10-22(23)16-21)33-26-14-11-24(12-15-26)29(2,3)4/h8-10,13,16-17,20,24-26H,5-7,11-12,14-15,18-19H2,1-4H3,(H,31,32). The lowest BCUT2D eigenvalue weighted by Crippen LogP contribution is -2.43. The first-order valence-electron chi connectivity index (χ1n) is 12.9. The Morgan fingerprint density at radius 3 is 2.30 bits per heavy atom. The normalized spacial score (nSPS) is 22.8. The second kappa shape index (κ2) is 10.0. The summed E-state index contributed by atoms with van der Waals surface area (Å²) in [6, 6.07) is 13.6. The molecular formula is C29H41NO3. The van der Waals surface area contributed by atoms with Gasteiger partial charge in [0.1, 0.15) is 5.75 Å². The molecule has 1 atom stereocenters. The lowest BCUT2D eigenvalue weighted by atomic mass is 9.72. The molecule has 2 aromatic rings. The highest BCUT2D eigenvalue weighted by molar-refractivity contribution is 5.84. The third-order valence-electron chi connectivity index (χ3n) is 7.98. The van der Waals surface area contributed by atoms with Gasteiger partial charge in [0.25, 0.3) is 0 Å². The first-order chi connectivity index (χ1) is 15.7. The molecule has 1 unspecified atom stereocenters. The van der Waals surface area contributed by atoms with E-state index in [9.17, 15) is 9.90 Å². The molecule has 4 nitrogen and oxygen atoms in total. The summed E-state index contributed by atoms with van der Waals surface area (Å²) in [6.45, 7) is 10.3. The maximum absolute atomic E-state index is 11.4. The average Bonchev–Trinajstić information content (AvgIpc) is 2.72. The van der Waals surface area contributed by atoms with Gasteiger partial charge in [0.15, 0.2) is 0 Å². The molecule has 1 N–H and O–H groups in total. The van der Waals surface area contributed by atoms with Crippen molar-refractivity contribution in [1.29, 1.82) is 0 Å². The molecule has 4 heteroatoms. The van der Waals surface area contributed by atoms with Crippen molar-refractivity contribution in [1.82, 2.24) is 4.90 Å². The predicted molar refractivity (Wildman–Crippen MR) is 135 cm³/mol. The van der Waals surface area contributed by atoms with Crippen molar-refractivity contribution in [2.45, 2.75) is 91.3 Å². The predicted octanol–water partition coefficient (Wildman–Crippen LogP) is 6.90. The molecule has 33 heavy (non-hydrogen) atoms. The van der Waals surface area contributed by atoms with E-state index >= 15 is 0 Å². The SMILES string of the molecule is CC(CN(Cc1ccc2cc(OC3CCC(C(C)(C)C)CC3)ccc2c1)C1CCC1)C(=O)O. The smallest absolute Gasteiger partial charge is 0.307 e. The van der Waals surface area contributed by atoms with Gasteiger partial charge in [-0.2, -0.15) is 0 Å². The van der Waals surface area contributed by atoms with Gasteiger partial charge in [-0.25, -0.2) is 0 Å². The van der Waals surface area contributed by atoms with Gasteiger partial charge in [-0.05, 0) is 84.4 Å². The minimum Gasteiger partial charge on any atom is -0.490 e. The zero-order valence-corrected chi connectivity index (χ0v) is 20.8. The fourth-order valence-corrected chi connectivity index (χ4v) is 5.44. The highest BCUT2D eigenvalue weighted by atomic mass is 16.5. The van der Waals surface area contributed by atoms with Gasteiger partial charge in [-0.15, -0.1) is 0 Å². The molecule has 0 aromatic heterocycles. The molecule has 0 heterocycles. The number of hydrogen-bond acceptors (Lipinski definition) is 3. The van der Waals surface area contributed by atoms with Crippen molar-refractivity contribution in [3.8, 4) is 5.75 Å². The third-order valence-corrected chi connectivity index (χ3v) is 7.98. The molecule has 0 bridgehead atoms. The van der Waals surface area contributed by atoms with Crippen LogP contribution in [-0.2, 0) is 11.3 Å². The number of hydrogen-bond donors (Lipinski definition) is 1. The second-order valence-corrected chi connectivity index (χ2v) is 11.6. The van der Waals surface area contributed by atoms with Crippen LogP contribution in [0.4, 0.5) is 0 Å². The number of rotatable bonds is 8. The molecule has 0 radical (unpaired) electrons. The summed E-state index contributed by atoms with van der Waals surface area (Å²) in [5.41, 5.74) is 1.65. The Balaban J connectivity index is 1.39. The fourth-order valence-electron chi connectivity index (χ4n) is 5.44. The van der Waals surface area contributed by atoms with E-state index < -0.39 is 5.97 Å². The Kier molecular flexibility index (Phi) is 7.33. The van der Waals surface area contributed by atoms with Crippen molar-refractivity contribution in [2.24, 2.45) is 17.3 Å². The Hall–Kier alpha value is -2.07. The van der Waals surface area contributed by atoms with E-state index in [1.807, 2.05) is 6.92 Å². The van der Waals surface area contributed by atoms with Gasteiger partial charge in [0.05, 0.1) is 12.0 Å². The van der Waals surface area contributed by atoms with Gasteiger partial charge in [0, 0.05) is 19.1 Å². The van der Waals surface area contributed by atoms with Crippen LogP contribution in [0.15, 0.2) is 36.4 Å². The molecule has 2 fully saturated rings. The van der Waals surface area contributed by atoms with E-state index in [2.05, 4.69) is 62.1 Å². The molecule has 0 aliphatic heterocycles. The summed E-state index contributed by atoms with van der Waals surface area (Å²) < 4.78 is 6.38. The number of benzene rings is 2. The topological polar surface area (TPSA) is 49.8 Å². The summed E-state index contributed by atoms with van der Waals surface area (Å²) in [6.07, 6.45) is 8.73. The molecule has 2 aromatic carbocycles. The van der Waals surface area contributed by atoms with Crippen molar-refractivity contribution in [3.05, 3.63) is 42.0 Å². The Morgan fingerprint density at radius 2 is 1.70 bits per heavy atom. The van der Waals surface area contributed by atoms with Crippen LogP contribution in [0, 0.1) is 17.3 Å². The van der Waals surface area contributed by atoms with Crippen molar-refractivity contribution >= 4 is 16.7 Å². The maximum Gasteiger partial charge on any atom is 0.307 e. The number of fused-ring (bicyclic) bond motifs is 1. The largest absolute Gasteiger partial charge is 0.490 e. The van der Waals surface area contributed by atoms with Crippen LogP contribution in [-0.4, -0.2) is 34.7 Å². The zero-order chi connectivity index (χ0) is 23.6. The Labute approximate surface area is 199 Å². The number of aliphatic carboxylic acids is 1. The van der Waals surface area contributed by atoms with E-state index in [0.29, 0.717) is 24.1 Å². The average molecular weight is 452 g/mol. The van der Waals surface area contributed by atoms with E-state index in [1.165, 1.54) is 48.4 Å². The van der Waals surface area contributed by atoms with E-state index in [-0.39, 0.29) is 5.92 Å². The number of carbonyl (C=O) groups is 1. The van der Waals surface area contributed by atoms with Crippen LogP contribution in [0.2, 0.25) is 0 Å². The van der Waals surface area contributed by atoms with Crippen LogP contribution < -0.4 is 4.74 Å². The molecule has 0 saturated heterocycles. The molecule has 180 valence electrons. The lowest BCUT2D eigenvalue weighted by molar-refractivity contribution is -0.142. The number of nitrogens with zero attached hydrogens (tertiary/aromatic N) is 1.